The van der Waals surface area contributed by atoms with E-state index in [4.69, 9.17) is 5.11 Å². The Bertz CT molecular complexity index is 783. The van der Waals surface area contributed by atoms with Crippen molar-refractivity contribution >= 4 is 16.9 Å². The van der Waals surface area contributed by atoms with Crippen molar-refractivity contribution in [3.8, 4) is 0 Å². The number of fused-ring (bicyclic) bond motifs is 1. The summed E-state index contributed by atoms with van der Waals surface area (Å²) in [7, 11) is 0. The zero-order valence-corrected chi connectivity index (χ0v) is 12.8. The van der Waals surface area contributed by atoms with E-state index < -0.39 is 17.2 Å². The van der Waals surface area contributed by atoms with E-state index in [1.165, 1.54) is 6.20 Å². The molecule has 118 valence electrons. The predicted molar refractivity (Wildman–Crippen MR) is 82.9 cm³/mol. The van der Waals surface area contributed by atoms with Crippen molar-refractivity contribution in [2.75, 3.05) is 6.54 Å². The molecular formula is C16H19FN2O3. The van der Waals surface area contributed by atoms with Crippen molar-refractivity contribution in [2.45, 2.75) is 33.4 Å². The number of aryl methyl sites for hydroxylation is 1. The van der Waals surface area contributed by atoms with Gasteiger partial charge in [0.15, 0.2) is 0 Å². The van der Waals surface area contributed by atoms with Crippen LogP contribution >= 0.6 is 0 Å². The number of hydrogen-bond donors (Lipinski definition) is 2. The quantitative estimate of drug-likeness (QED) is 0.890. The number of carbonyl (C=O) groups is 1. The zero-order chi connectivity index (χ0) is 16.4. The molecule has 1 aromatic heterocycles. The zero-order valence-electron chi connectivity index (χ0n) is 12.8. The van der Waals surface area contributed by atoms with E-state index in [9.17, 15) is 14.0 Å². The SMILES string of the molecule is CCNC(C)c1cc2c(cc1F)c(=O)c(C(=O)O)cn2CC. The number of aromatic carboxylic acids is 1. The number of hydrogen-bond acceptors (Lipinski definition) is 3. The maximum Gasteiger partial charge on any atom is 0.341 e. The number of pyridine rings is 1. The number of rotatable bonds is 5. The molecule has 1 unspecified atom stereocenters. The normalized spacial score (nSPS) is 12.5. The van der Waals surface area contributed by atoms with Crippen molar-refractivity contribution in [1.29, 1.82) is 0 Å². The van der Waals surface area contributed by atoms with Gasteiger partial charge in [0.25, 0.3) is 0 Å². The van der Waals surface area contributed by atoms with Gasteiger partial charge in [0, 0.05) is 29.7 Å². The summed E-state index contributed by atoms with van der Waals surface area (Å²) in [4.78, 5) is 23.4. The molecule has 22 heavy (non-hydrogen) atoms. The molecule has 1 heterocycles. The van der Waals surface area contributed by atoms with Gasteiger partial charge < -0.3 is 15.0 Å². The first-order valence-corrected chi connectivity index (χ1v) is 7.23. The van der Waals surface area contributed by atoms with Gasteiger partial charge in [-0.1, -0.05) is 6.92 Å². The summed E-state index contributed by atoms with van der Waals surface area (Å²) in [6.07, 6.45) is 1.31. The largest absolute Gasteiger partial charge is 0.477 e. The molecule has 2 N–H and O–H groups in total. The molecule has 0 bridgehead atoms. The van der Waals surface area contributed by atoms with Crippen LogP contribution in [0.15, 0.2) is 23.1 Å². The number of aromatic nitrogens is 1. The van der Waals surface area contributed by atoms with E-state index in [1.807, 2.05) is 20.8 Å². The first-order valence-electron chi connectivity index (χ1n) is 7.23. The maximum atomic E-state index is 14.3. The Morgan fingerprint density at radius 3 is 2.64 bits per heavy atom. The van der Waals surface area contributed by atoms with Crippen LogP contribution in [-0.2, 0) is 6.54 Å². The maximum absolute atomic E-state index is 14.3. The van der Waals surface area contributed by atoms with Crippen molar-refractivity contribution in [3.63, 3.8) is 0 Å². The fourth-order valence-corrected chi connectivity index (χ4v) is 2.59. The average Bonchev–Trinajstić information content (AvgIpc) is 2.47. The van der Waals surface area contributed by atoms with Crippen LogP contribution in [0.1, 0.15) is 42.7 Å². The van der Waals surface area contributed by atoms with Crippen LogP contribution in [0.2, 0.25) is 0 Å². The molecule has 2 rings (SSSR count). The van der Waals surface area contributed by atoms with E-state index in [2.05, 4.69) is 5.32 Å². The second kappa shape index (κ2) is 6.27. The van der Waals surface area contributed by atoms with E-state index in [0.29, 0.717) is 24.2 Å². The minimum atomic E-state index is -1.31. The third-order valence-corrected chi connectivity index (χ3v) is 3.75. The molecule has 0 saturated heterocycles. The third kappa shape index (κ3) is 2.74. The molecule has 0 amide bonds. The highest BCUT2D eigenvalue weighted by Gasteiger charge is 2.18. The van der Waals surface area contributed by atoms with Gasteiger partial charge in [-0.25, -0.2) is 9.18 Å². The molecule has 2 aromatic rings. The fourth-order valence-electron chi connectivity index (χ4n) is 2.59. The second-order valence-corrected chi connectivity index (χ2v) is 5.13. The summed E-state index contributed by atoms with van der Waals surface area (Å²) in [5, 5.41) is 12.3. The Balaban J connectivity index is 2.80. The van der Waals surface area contributed by atoms with Crippen molar-refractivity contribution in [1.82, 2.24) is 9.88 Å². The van der Waals surface area contributed by atoms with Gasteiger partial charge in [0.2, 0.25) is 5.43 Å². The van der Waals surface area contributed by atoms with Crippen LogP contribution in [-0.4, -0.2) is 22.2 Å². The molecule has 0 aliphatic rings. The van der Waals surface area contributed by atoms with Crippen LogP contribution < -0.4 is 10.7 Å². The molecule has 0 fully saturated rings. The minimum absolute atomic E-state index is 0.0895. The monoisotopic (exact) mass is 306 g/mol. The Kier molecular flexibility index (Phi) is 4.61. The molecule has 0 aliphatic heterocycles. The lowest BCUT2D eigenvalue weighted by Crippen LogP contribution is -2.21. The summed E-state index contributed by atoms with van der Waals surface area (Å²) in [6, 6.07) is 2.56. The lowest BCUT2D eigenvalue weighted by molar-refractivity contribution is 0.0695. The second-order valence-electron chi connectivity index (χ2n) is 5.13. The van der Waals surface area contributed by atoms with Crippen LogP contribution in [0, 0.1) is 5.82 Å². The summed E-state index contributed by atoms with van der Waals surface area (Å²) in [5.41, 5.74) is -0.00679. The third-order valence-electron chi connectivity index (χ3n) is 3.75. The van der Waals surface area contributed by atoms with Gasteiger partial charge in [-0.05, 0) is 32.5 Å². The molecule has 1 aromatic carbocycles. The topological polar surface area (TPSA) is 71.3 Å². The Labute approximate surface area is 127 Å². The summed E-state index contributed by atoms with van der Waals surface area (Å²) >= 11 is 0. The van der Waals surface area contributed by atoms with Gasteiger partial charge in [-0.3, -0.25) is 4.79 Å². The number of halogens is 1. The standard InChI is InChI=1S/C16H19FN2O3/c1-4-18-9(3)10-7-14-11(6-13(10)17)15(20)12(16(21)22)8-19(14)5-2/h6-9,18H,4-5H2,1-3H3,(H,21,22). The summed E-state index contributed by atoms with van der Waals surface area (Å²) in [6.45, 7) is 6.78. The van der Waals surface area contributed by atoms with E-state index in [0.717, 1.165) is 6.07 Å². The minimum Gasteiger partial charge on any atom is -0.477 e. The van der Waals surface area contributed by atoms with Crippen LogP contribution in [0.25, 0.3) is 10.9 Å². The first-order chi connectivity index (χ1) is 10.4. The van der Waals surface area contributed by atoms with Gasteiger partial charge >= 0.3 is 5.97 Å². The predicted octanol–water partition coefficient (Wildman–Crippen LogP) is 2.53. The van der Waals surface area contributed by atoms with Gasteiger partial charge in [-0.15, -0.1) is 0 Å². The molecule has 6 heteroatoms. The molecule has 1 atom stereocenters. The van der Waals surface area contributed by atoms with E-state index in [1.54, 1.807) is 10.6 Å². The highest BCUT2D eigenvalue weighted by Crippen LogP contribution is 2.23. The highest BCUT2D eigenvalue weighted by molar-refractivity contribution is 5.92. The number of carboxylic acid groups (broad SMARTS) is 1. The fraction of sp³-hybridized carbons (Fsp3) is 0.375. The average molecular weight is 306 g/mol. The van der Waals surface area contributed by atoms with Gasteiger partial charge in [0.05, 0.1) is 5.52 Å². The van der Waals surface area contributed by atoms with Gasteiger partial charge in [0.1, 0.15) is 11.4 Å². The van der Waals surface area contributed by atoms with Crippen LogP contribution in [0.5, 0.6) is 0 Å². The summed E-state index contributed by atoms with van der Waals surface area (Å²) < 4.78 is 16.0. The molecule has 0 spiro atoms. The molecule has 5 nitrogen and oxygen atoms in total. The molecular weight excluding hydrogens is 287 g/mol. The Hall–Kier alpha value is -2.21. The first kappa shape index (κ1) is 16.2. The highest BCUT2D eigenvalue weighted by atomic mass is 19.1. The number of nitrogens with zero attached hydrogens (tertiary/aromatic N) is 1. The van der Waals surface area contributed by atoms with Crippen LogP contribution in [0.3, 0.4) is 0 Å². The van der Waals surface area contributed by atoms with Gasteiger partial charge in [-0.2, -0.15) is 0 Å². The smallest absolute Gasteiger partial charge is 0.341 e. The molecule has 0 saturated carbocycles. The lowest BCUT2D eigenvalue weighted by atomic mass is 10.0. The number of carboxylic acids is 1. The van der Waals surface area contributed by atoms with E-state index in [-0.39, 0.29) is 17.0 Å². The summed E-state index contributed by atoms with van der Waals surface area (Å²) in [5.74, 6) is -1.82. The Morgan fingerprint density at radius 1 is 1.41 bits per heavy atom. The number of nitrogens with one attached hydrogen (secondary N) is 1. The van der Waals surface area contributed by atoms with Crippen molar-refractivity contribution in [2.24, 2.45) is 0 Å². The molecule has 0 radical (unpaired) electrons. The lowest BCUT2D eigenvalue weighted by Gasteiger charge is -2.17. The molecule has 0 aliphatic carbocycles. The van der Waals surface area contributed by atoms with Crippen molar-refractivity contribution < 1.29 is 14.3 Å². The van der Waals surface area contributed by atoms with Crippen LogP contribution in [0.4, 0.5) is 4.39 Å². The van der Waals surface area contributed by atoms with Crippen molar-refractivity contribution in [3.05, 3.63) is 45.5 Å². The number of benzene rings is 1. The van der Waals surface area contributed by atoms with E-state index >= 15 is 0 Å². The Morgan fingerprint density at radius 2 is 2.09 bits per heavy atom.